The molecular weight excluding hydrogens is 388 g/mol. The molecule has 0 aliphatic heterocycles. The van der Waals surface area contributed by atoms with Crippen molar-refractivity contribution in [2.75, 3.05) is 38.8 Å². The third kappa shape index (κ3) is 5.75. The van der Waals surface area contributed by atoms with Crippen LogP contribution < -0.4 is 5.32 Å². The zero-order valence-corrected chi connectivity index (χ0v) is 17.5. The fourth-order valence-corrected chi connectivity index (χ4v) is 3.10. The number of likely N-dealkylation sites (N-methyl/N-ethyl adjacent to an activating group) is 1. The maximum Gasteiger partial charge on any atom is 0.322 e. The van der Waals surface area contributed by atoms with Gasteiger partial charge in [-0.05, 0) is 60.6 Å². The summed E-state index contributed by atoms with van der Waals surface area (Å²) in [6, 6.07) is 11.1. The van der Waals surface area contributed by atoms with Gasteiger partial charge in [-0.15, -0.1) is 5.10 Å². The minimum atomic E-state index is -0.172. The number of pyridine rings is 1. The molecule has 0 bridgehead atoms. The van der Waals surface area contributed by atoms with E-state index in [9.17, 15) is 4.79 Å². The van der Waals surface area contributed by atoms with Gasteiger partial charge in [-0.1, -0.05) is 23.9 Å². The second-order valence-electron chi connectivity index (χ2n) is 6.64. The first-order valence-corrected chi connectivity index (χ1v) is 10.3. The summed E-state index contributed by atoms with van der Waals surface area (Å²) >= 11 is 1.45. The second kappa shape index (κ2) is 9.99. The molecule has 2 heterocycles. The van der Waals surface area contributed by atoms with Crippen LogP contribution in [0.2, 0.25) is 0 Å². The molecule has 0 radical (unpaired) electrons. The zero-order chi connectivity index (χ0) is 20.6. The van der Waals surface area contributed by atoms with Crippen molar-refractivity contribution in [3.05, 3.63) is 54.4 Å². The summed E-state index contributed by atoms with van der Waals surface area (Å²) in [4.78, 5) is 20.9. The number of rotatable bonds is 8. The number of nitrogens with one attached hydrogen (secondary N) is 1. The van der Waals surface area contributed by atoms with E-state index in [1.807, 2.05) is 61.6 Å². The number of carbonyl (C=O) groups is 1. The van der Waals surface area contributed by atoms with E-state index in [4.69, 9.17) is 0 Å². The van der Waals surface area contributed by atoms with Crippen LogP contribution in [0.3, 0.4) is 0 Å². The first-order valence-electron chi connectivity index (χ1n) is 9.09. The summed E-state index contributed by atoms with van der Waals surface area (Å²) in [6.07, 6.45) is 5.41. The van der Waals surface area contributed by atoms with Crippen molar-refractivity contribution >= 4 is 23.5 Å². The quantitative estimate of drug-likeness (QED) is 0.568. The molecule has 2 aromatic heterocycles. The molecule has 10 heteroatoms. The van der Waals surface area contributed by atoms with E-state index in [1.165, 1.54) is 11.8 Å². The number of urea groups is 1. The highest BCUT2D eigenvalue weighted by Crippen LogP contribution is 2.19. The van der Waals surface area contributed by atoms with Crippen molar-refractivity contribution in [1.82, 2.24) is 35.0 Å². The number of aromatic nitrogens is 5. The molecule has 3 rings (SSSR count). The van der Waals surface area contributed by atoms with Crippen LogP contribution >= 0.6 is 11.8 Å². The molecule has 0 aliphatic rings. The third-order valence-electron chi connectivity index (χ3n) is 4.17. The molecule has 0 saturated heterocycles. The van der Waals surface area contributed by atoms with Crippen LogP contribution in [0.1, 0.15) is 5.56 Å². The first-order chi connectivity index (χ1) is 14.1. The van der Waals surface area contributed by atoms with Crippen LogP contribution in [0.4, 0.5) is 10.5 Å². The molecule has 2 amide bonds. The van der Waals surface area contributed by atoms with Gasteiger partial charge in [0.1, 0.15) is 0 Å². The van der Waals surface area contributed by atoms with E-state index < -0.39 is 0 Å². The Hall–Kier alpha value is -2.98. The number of anilines is 1. The number of tetrazole rings is 1. The van der Waals surface area contributed by atoms with Crippen molar-refractivity contribution in [2.24, 2.45) is 0 Å². The van der Waals surface area contributed by atoms with Gasteiger partial charge in [0, 0.05) is 37.7 Å². The average Bonchev–Trinajstić information content (AvgIpc) is 3.21. The van der Waals surface area contributed by atoms with Gasteiger partial charge in [0.25, 0.3) is 0 Å². The Morgan fingerprint density at radius 3 is 2.79 bits per heavy atom. The lowest BCUT2D eigenvalue weighted by Gasteiger charge is -2.25. The number of amides is 2. The molecule has 1 aromatic carbocycles. The Kier molecular flexibility index (Phi) is 7.14. The summed E-state index contributed by atoms with van der Waals surface area (Å²) in [7, 11) is 3.97. The smallest absolute Gasteiger partial charge is 0.319 e. The van der Waals surface area contributed by atoms with Gasteiger partial charge in [0.2, 0.25) is 5.16 Å². The van der Waals surface area contributed by atoms with Crippen LogP contribution in [0.25, 0.3) is 5.69 Å². The second-order valence-corrected chi connectivity index (χ2v) is 7.42. The van der Waals surface area contributed by atoms with Crippen LogP contribution in [-0.2, 0) is 6.54 Å². The van der Waals surface area contributed by atoms with Crippen LogP contribution in [0, 0.1) is 0 Å². The van der Waals surface area contributed by atoms with Crippen molar-refractivity contribution in [3.8, 4) is 5.69 Å². The zero-order valence-electron chi connectivity index (χ0n) is 16.7. The number of thioether (sulfide) groups is 1. The van der Waals surface area contributed by atoms with Gasteiger partial charge >= 0.3 is 6.03 Å². The molecule has 3 aromatic rings. The van der Waals surface area contributed by atoms with Gasteiger partial charge in [0.15, 0.2) is 0 Å². The van der Waals surface area contributed by atoms with Gasteiger partial charge in [-0.25, -0.2) is 4.79 Å². The Morgan fingerprint density at radius 1 is 1.21 bits per heavy atom. The average molecular weight is 413 g/mol. The molecule has 0 spiro atoms. The van der Waals surface area contributed by atoms with Gasteiger partial charge < -0.3 is 15.1 Å². The number of hydrogen-bond donors (Lipinski definition) is 1. The Bertz CT molecular complexity index is 931. The normalized spacial score (nSPS) is 10.9. The Labute approximate surface area is 174 Å². The van der Waals surface area contributed by atoms with Gasteiger partial charge in [0.05, 0.1) is 5.69 Å². The summed E-state index contributed by atoms with van der Waals surface area (Å²) in [5.74, 6) is 0. The Balaban J connectivity index is 1.75. The fourth-order valence-electron chi connectivity index (χ4n) is 2.67. The topological polar surface area (TPSA) is 92.1 Å². The first kappa shape index (κ1) is 20.7. The lowest BCUT2D eigenvalue weighted by atomic mass is 10.2. The number of nitrogens with zero attached hydrogens (tertiary/aromatic N) is 7. The lowest BCUT2D eigenvalue weighted by Crippen LogP contribution is -2.39. The molecule has 0 saturated carbocycles. The molecule has 0 aliphatic carbocycles. The summed E-state index contributed by atoms with van der Waals surface area (Å²) < 4.78 is 1.64. The molecular formula is C19H24N8OS. The van der Waals surface area contributed by atoms with Crippen LogP contribution in [0.5, 0.6) is 0 Å². The standard InChI is InChI=1S/C19H24N8OS/c1-25(2)10-11-26(14-15-6-5-9-20-13-15)18(28)21-16-7-4-8-17(12-16)27-19(29-3)22-23-24-27/h4-9,12-13H,10-11,14H2,1-3H3,(H,21,28). The molecule has 1 N–H and O–H groups in total. The van der Waals surface area contributed by atoms with E-state index in [0.717, 1.165) is 17.8 Å². The summed E-state index contributed by atoms with van der Waals surface area (Å²) in [5, 5.41) is 15.4. The monoisotopic (exact) mass is 412 g/mol. The van der Waals surface area contributed by atoms with Crippen LogP contribution in [-0.4, -0.2) is 74.5 Å². The number of benzene rings is 1. The molecule has 0 atom stereocenters. The van der Waals surface area contributed by atoms with Crippen molar-refractivity contribution < 1.29 is 4.79 Å². The minimum Gasteiger partial charge on any atom is -0.319 e. The van der Waals surface area contributed by atoms with Crippen LogP contribution in [0.15, 0.2) is 53.9 Å². The van der Waals surface area contributed by atoms with E-state index >= 15 is 0 Å². The summed E-state index contributed by atoms with van der Waals surface area (Å²) in [5.41, 5.74) is 2.44. The maximum atomic E-state index is 13.0. The van der Waals surface area contributed by atoms with E-state index in [0.29, 0.717) is 23.9 Å². The highest BCUT2D eigenvalue weighted by Gasteiger charge is 2.15. The largest absolute Gasteiger partial charge is 0.322 e. The number of hydrogen-bond acceptors (Lipinski definition) is 7. The molecule has 0 fully saturated rings. The highest BCUT2D eigenvalue weighted by molar-refractivity contribution is 7.98. The third-order valence-corrected chi connectivity index (χ3v) is 4.79. The predicted octanol–water partition coefficient (Wildman–Crippen LogP) is 2.37. The van der Waals surface area contributed by atoms with Crippen molar-refractivity contribution in [1.29, 1.82) is 0 Å². The molecule has 152 valence electrons. The Morgan fingerprint density at radius 2 is 2.07 bits per heavy atom. The molecule has 29 heavy (non-hydrogen) atoms. The van der Waals surface area contributed by atoms with E-state index in [1.54, 1.807) is 22.0 Å². The lowest BCUT2D eigenvalue weighted by molar-refractivity contribution is 0.202. The van der Waals surface area contributed by atoms with E-state index in [-0.39, 0.29) is 6.03 Å². The SMILES string of the molecule is CSc1nnnn1-c1cccc(NC(=O)N(CCN(C)C)Cc2cccnc2)c1. The molecule has 0 unspecified atom stereocenters. The summed E-state index contributed by atoms with van der Waals surface area (Å²) in [6.45, 7) is 1.84. The van der Waals surface area contributed by atoms with E-state index in [2.05, 4.69) is 25.8 Å². The molecule has 9 nitrogen and oxygen atoms in total. The fraction of sp³-hybridized carbons (Fsp3) is 0.316. The minimum absolute atomic E-state index is 0.172. The van der Waals surface area contributed by atoms with Crippen molar-refractivity contribution in [3.63, 3.8) is 0 Å². The maximum absolute atomic E-state index is 13.0. The van der Waals surface area contributed by atoms with Gasteiger partial charge in [-0.3, -0.25) is 4.98 Å². The predicted molar refractivity (Wildman–Crippen MR) is 113 cm³/mol. The number of carbonyl (C=O) groups excluding carboxylic acids is 1. The highest BCUT2D eigenvalue weighted by atomic mass is 32.2. The van der Waals surface area contributed by atoms with Crippen molar-refractivity contribution in [2.45, 2.75) is 11.7 Å². The van der Waals surface area contributed by atoms with Gasteiger partial charge in [-0.2, -0.15) is 4.68 Å².